The molecule has 0 aliphatic heterocycles. The van der Waals surface area contributed by atoms with E-state index in [2.05, 4.69) is 0 Å². The van der Waals surface area contributed by atoms with Gasteiger partial charge in [0.15, 0.2) is 0 Å². The van der Waals surface area contributed by atoms with Gasteiger partial charge in [-0.2, -0.15) is 0 Å². The molecule has 0 aromatic carbocycles. The third-order valence-corrected chi connectivity index (χ3v) is 4.23. The Balaban J connectivity index is 2.85. The first-order valence-corrected chi connectivity index (χ1v) is 5.74. The summed E-state index contributed by atoms with van der Waals surface area (Å²) in [6.07, 6.45) is 0. The molecule has 1 aliphatic rings. The van der Waals surface area contributed by atoms with Crippen LogP contribution in [0.2, 0.25) is 0 Å². The molecule has 102 valence electrons. The molecular weight excluding hydrogens is 238 g/mol. The predicted molar refractivity (Wildman–Crippen MR) is 62.9 cm³/mol. The van der Waals surface area contributed by atoms with Crippen LogP contribution in [0.3, 0.4) is 0 Å². The lowest BCUT2D eigenvalue weighted by Gasteiger charge is -2.19. The van der Waals surface area contributed by atoms with Crippen molar-refractivity contribution in [2.45, 2.75) is 27.7 Å². The van der Waals surface area contributed by atoms with E-state index in [-0.39, 0.29) is 16.7 Å². The smallest absolute Gasteiger partial charge is 0.323 e. The summed E-state index contributed by atoms with van der Waals surface area (Å²) in [6, 6.07) is 0. The van der Waals surface area contributed by atoms with Gasteiger partial charge in [0.25, 0.3) is 0 Å². The maximum absolute atomic E-state index is 12.2. The van der Waals surface area contributed by atoms with Crippen molar-refractivity contribution in [1.82, 2.24) is 4.90 Å². The van der Waals surface area contributed by atoms with Crippen molar-refractivity contribution in [3.05, 3.63) is 0 Å². The Hall–Kier alpha value is -1.59. The highest BCUT2D eigenvalue weighted by Gasteiger charge is 2.68. The van der Waals surface area contributed by atoms with Crippen LogP contribution >= 0.6 is 0 Å². The minimum atomic E-state index is -1.21. The van der Waals surface area contributed by atoms with Crippen LogP contribution in [-0.2, 0) is 14.4 Å². The van der Waals surface area contributed by atoms with Gasteiger partial charge in [0, 0.05) is 5.92 Å². The van der Waals surface area contributed by atoms with Crippen molar-refractivity contribution in [3.63, 3.8) is 0 Å². The fourth-order valence-corrected chi connectivity index (χ4v) is 2.53. The third kappa shape index (κ3) is 2.32. The van der Waals surface area contributed by atoms with Gasteiger partial charge >= 0.3 is 11.9 Å². The van der Waals surface area contributed by atoms with Crippen molar-refractivity contribution >= 4 is 17.8 Å². The zero-order valence-electron chi connectivity index (χ0n) is 11.1. The molecule has 0 radical (unpaired) electrons. The van der Waals surface area contributed by atoms with Gasteiger partial charge in [0.2, 0.25) is 5.91 Å². The van der Waals surface area contributed by atoms with Gasteiger partial charge in [-0.3, -0.25) is 14.4 Å². The number of rotatable bonds is 5. The second-order valence-corrected chi connectivity index (χ2v) is 5.86. The minimum Gasteiger partial charge on any atom is -0.480 e. The molecule has 1 amide bonds. The van der Waals surface area contributed by atoms with Gasteiger partial charge in [-0.05, 0) is 10.8 Å². The summed E-state index contributed by atoms with van der Waals surface area (Å²) >= 11 is 0. The van der Waals surface area contributed by atoms with Gasteiger partial charge in [0.05, 0.1) is 0 Å². The molecular formula is C12H19NO5. The van der Waals surface area contributed by atoms with Gasteiger partial charge in [0.1, 0.15) is 13.1 Å². The summed E-state index contributed by atoms with van der Waals surface area (Å²) in [5.74, 6) is -3.14. The number of carbonyl (C=O) groups is 3. The Morgan fingerprint density at radius 3 is 1.50 bits per heavy atom. The number of amides is 1. The second-order valence-electron chi connectivity index (χ2n) is 5.86. The maximum Gasteiger partial charge on any atom is 0.323 e. The van der Waals surface area contributed by atoms with E-state index in [1.54, 1.807) is 0 Å². The molecule has 6 nitrogen and oxygen atoms in total. The summed E-state index contributed by atoms with van der Waals surface area (Å²) in [7, 11) is 0. The van der Waals surface area contributed by atoms with E-state index < -0.39 is 30.9 Å². The quantitative estimate of drug-likeness (QED) is 0.754. The van der Waals surface area contributed by atoms with E-state index in [9.17, 15) is 14.4 Å². The molecule has 1 saturated carbocycles. The van der Waals surface area contributed by atoms with E-state index in [1.807, 2.05) is 27.7 Å². The van der Waals surface area contributed by atoms with E-state index in [0.717, 1.165) is 4.90 Å². The van der Waals surface area contributed by atoms with Gasteiger partial charge in [-0.25, -0.2) is 0 Å². The lowest BCUT2D eigenvalue weighted by atomic mass is 10.0. The molecule has 18 heavy (non-hydrogen) atoms. The summed E-state index contributed by atoms with van der Waals surface area (Å²) in [5, 5.41) is 17.4. The molecule has 0 aromatic rings. The fraction of sp³-hybridized carbons (Fsp3) is 0.750. The number of carboxylic acid groups (broad SMARTS) is 2. The van der Waals surface area contributed by atoms with Crippen LogP contribution < -0.4 is 0 Å². The summed E-state index contributed by atoms with van der Waals surface area (Å²) in [4.78, 5) is 34.5. The first-order valence-electron chi connectivity index (χ1n) is 5.74. The standard InChI is InChI=1S/C12H19NO5/c1-11(2)9(12(11,3)4)10(18)13(5-7(14)15)6-8(16)17/h9H,5-6H2,1-4H3,(H,14,15)(H,16,17). The molecule has 1 fully saturated rings. The van der Waals surface area contributed by atoms with Crippen LogP contribution in [-0.4, -0.2) is 46.0 Å². The molecule has 1 rings (SSSR count). The van der Waals surface area contributed by atoms with Crippen LogP contribution in [0.1, 0.15) is 27.7 Å². The van der Waals surface area contributed by atoms with Crippen molar-refractivity contribution < 1.29 is 24.6 Å². The molecule has 6 heteroatoms. The molecule has 0 atom stereocenters. The average molecular weight is 257 g/mol. The minimum absolute atomic E-state index is 0.237. The van der Waals surface area contributed by atoms with Gasteiger partial charge < -0.3 is 15.1 Å². The zero-order valence-corrected chi connectivity index (χ0v) is 11.1. The highest BCUT2D eigenvalue weighted by atomic mass is 16.4. The number of hydrogen-bond acceptors (Lipinski definition) is 3. The van der Waals surface area contributed by atoms with Crippen LogP contribution in [0.5, 0.6) is 0 Å². The summed E-state index contributed by atoms with van der Waals surface area (Å²) in [5.41, 5.74) is -0.474. The van der Waals surface area contributed by atoms with E-state index in [0.29, 0.717) is 0 Å². The molecule has 1 aliphatic carbocycles. The normalized spacial score (nSPS) is 20.2. The highest BCUT2D eigenvalue weighted by molar-refractivity contribution is 5.89. The van der Waals surface area contributed by atoms with E-state index in [4.69, 9.17) is 10.2 Å². The van der Waals surface area contributed by atoms with Crippen LogP contribution in [0.15, 0.2) is 0 Å². The Morgan fingerprint density at radius 2 is 1.28 bits per heavy atom. The van der Waals surface area contributed by atoms with Crippen LogP contribution in [0.25, 0.3) is 0 Å². The molecule has 0 heterocycles. The average Bonchev–Trinajstić information content (AvgIpc) is 2.53. The highest BCUT2D eigenvalue weighted by Crippen LogP contribution is 2.68. The Kier molecular flexibility index (Phi) is 3.42. The van der Waals surface area contributed by atoms with Crippen molar-refractivity contribution in [1.29, 1.82) is 0 Å². The van der Waals surface area contributed by atoms with Crippen LogP contribution in [0, 0.1) is 16.7 Å². The molecule has 0 spiro atoms. The Labute approximate surface area is 106 Å². The van der Waals surface area contributed by atoms with Crippen molar-refractivity contribution in [2.24, 2.45) is 16.7 Å². The third-order valence-electron chi connectivity index (χ3n) is 4.23. The molecule has 0 aromatic heterocycles. The SMILES string of the molecule is CC1(C)C(C(=O)N(CC(=O)O)CC(=O)O)C1(C)C. The molecule has 2 N–H and O–H groups in total. The zero-order chi connectivity index (χ0) is 14.3. The van der Waals surface area contributed by atoms with Crippen molar-refractivity contribution in [3.8, 4) is 0 Å². The van der Waals surface area contributed by atoms with E-state index >= 15 is 0 Å². The first kappa shape index (κ1) is 14.5. The monoisotopic (exact) mass is 257 g/mol. The fourth-order valence-electron chi connectivity index (χ4n) is 2.53. The van der Waals surface area contributed by atoms with Gasteiger partial charge in [-0.1, -0.05) is 27.7 Å². The van der Waals surface area contributed by atoms with Crippen LogP contribution in [0.4, 0.5) is 0 Å². The Bertz CT molecular complexity index is 369. The number of carbonyl (C=O) groups excluding carboxylic acids is 1. The summed E-state index contributed by atoms with van der Waals surface area (Å²) < 4.78 is 0. The molecule has 0 unspecified atom stereocenters. The van der Waals surface area contributed by atoms with Crippen molar-refractivity contribution in [2.75, 3.05) is 13.1 Å². The number of carboxylic acids is 2. The molecule has 0 bridgehead atoms. The largest absolute Gasteiger partial charge is 0.480 e. The maximum atomic E-state index is 12.2. The predicted octanol–water partition coefficient (Wildman–Crippen LogP) is 0.666. The first-order chi connectivity index (χ1) is 8.01. The van der Waals surface area contributed by atoms with Gasteiger partial charge in [-0.15, -0.1) is 0 Å². The van der Waals surface area contributed by atoms with E-state index in [1.165, 1.54) is 0 Å². The number of hydrogen-bond donors (Lipinski definition) is 2. The lowest BCUT2D eigenvalue weighted by molar-refractivity contribution is -0.150. The lowest BCUT2D eigenvalue weighted by Crippen LogP contribution is -2.41. The molecule has 0 saturated heterocycles. The topological polar surface area (TPSA) is 94.9 Å². The second kappa shape index (κ2) is 4.26. The Morgan fingerprint density at radius 1 is 0.944 bits per heavy atom. The number of nitrogens with zero attached hydrogens (tertiary/aromatic N) is 1. The number of aliphatic carboxylic acids is 2. The summed E-state index contributed by atoms with van der Waals surface area (Å²) in [6.45, 7) is 6.55.